The number of carbonyl (C=O) groups excluding carboxylic acids is 1. The number of aromatic nitrogens is 4. The Hall–Kier alpha value is -5.94. The highest BCUT2D eigenvalue weighted by molar-refractivity contribution is 6.02. The van der Waals surface area contributed by atoms with Crippen molar-refractivity contribution in [3.8, 4) is 35.7 Å². The number of benzene rings is 2. The number of hydrogen-bond acceptors (Lipinski definition) is 8. The number of terminal acetylenes is 1. The van der Waals surface area contributed by atoms with Crippen molar-refractivity contribution in [3.05, 3.63) is 89.9 Å². The first-order valence-corrected chi connectivity index (χ1v) is 14.0. The van der Waals surface area contributed by atoms with Crippen LogP contribution in [-0.4, -0.2) is 63.5 Å². The lowest BCUT2D eigenvalue weighted by molar-refractivity contribution is -0.131. The molecule has 222 valence electrons. The quantitative estimate of drug-likeness (QED) is 0.190. The number of rotatable bonds is 6. The van der Waals surface area contributed by atoms with E-state index in [9.17, 15) is 10.1 Å². The standard InChI is InChI=1S/C34H25F2N7O2/c1-3-21-8-6-9-22-10-7-12-25(28(21)22)30-29(36)31-26(19-39-30)32(41-34(40-31)45-2)42-16-17-43(24(20-42)13-14-37)33(44)27(35)18-23-11-4-5-15-38-23/h1,4-12,15,18-19,24H,13,16-17,20H2,2H3/b27-18-. The third-order valence-corrected chi connectivity index (χ3v) is 7.68. The van der Waals surface area contributed by atoms with E-state index in [0.717, 1.165) is 11.5 Å². The minimum atomic E-state index is -0.987. The molecule has 0 bridgehead atoms. The zero-order valence-corrected chi connectivity index (χ0v) is 24.1. The minimum Gasteiger partial charge on any atom is -0.467 e. The highest BCUT2D eigenvalue weighted by Crippen LogP contribution is 2.36. The number of pyridine rings is 2. The third-order valence-electron chi connectivity index (χ3n) is 7.68. The van der Waals surface area contributed by atoms with Gasteiger partial charge in [-0.1, -0.05) is 42.3 Å². The second-order valence-electron chi connectivity index (χ2n) is 10.3. The fraction of sp³-hybridized carbons (Fsp3) is 0.176. The first kappa shape index (κ1) is 29.1. The molecule has 1 unspecified atom stereocenters. The molecule has 0 aliphatic carbocycles. The van der Waals surface area contributed by atoms with Crippen LogP contribution in [0.15, 0.2) is 72.8 Å². The number of hydrogen-bond donors (Lipinski definition) is 0. The zero-order valence-electron chi connectivity index (χ0n) is 24.1. The summed E-state index contributed by atoms with van der Waals surface area (Å²) in [5, 5.41) is 11.4. The van der Waals surface area contributed by atoms with Gasteiger partial charge in [0, 0.05) is 54.6 Å². The molecular formula is C34H25F2N7O2. The molecule has 2 aromatic carbocycles. The predicted molar refractivity (Wildman–Crippen MR) is 166 cm³/mol. The molecule has 1 aliphatic heterocycles. The molecule has 0 saturated carbocycles. The number of nitrogens with zero attached hydrogens (tertiary/aromatic N) is 7. The van der Waals surface area contributed by atoms with Gasteiger partial charge in [-0.15, -0.1) is 6.42 Å². The van der Waals surface area contributed by atoms with E-state index in [1.165, 1.54) is 24.4 Å². The number of methoxy groups -OCH3 is 1. The molecule has 0 N–H and O–H groups in total. The number of halogens is 2. The van der Waals surface area contributed by atoms with E-state index in [1.807, 2.05) is 18.2 Å². The SMILES string of the molecule is C#Cc1cccc2cccc(-c3ncc4c(N5CCN(C(=O)/C(F)=C/c6ccccn6)C(CC#N)C5)nc(OC)nc4c3F)c12. The number of ether oxygens (including phenoxy) is 1. The summed E-state index contributed by atoms with van der Waals surface area (Å²) < 4.78 is 36.7. The van der Waals surface area contributed by atoms with Crippen LogP contribution >= 0.6 is 0 Å². The molecule has 9 nitrogen and oxygen atoms in total. The Morgan fingerprint density at radius 3 is 2.69 bits per heavy atom. The van der Waals surface area contributed by atoms with Gasteiger partial charge in [0.05, 0.1) is 36.7 Å². The van der Waals surface area contributed by atoms with E-state index in [-0.39, 0.29) is 43.3 Å². The summed E-state index contributed by atoms with van der Waals surface area (Å²) in [6.07, 6.45) is 9.76. The first-order chi connectivity index (χ1) is 21.9. The maximum Gasteiger partial charge on any atom is 0.318 e. The van der Waals surface area contributed by atoms with Crippen molar-refractivity contribution in [2.75, 3.05) is 31.6 Å². The van der Waals surface area contributed by atoms with Gasteiger partial charge in [-0.05, 0) is 23.6 Å². The van der Waals surface area contributed by atoms with Crippen molar-refractivity contribution in [1.29, 1.82) is 5.26 Å². The lowest BCUT2D eigenvalue weighted by Gasteiger charge is -2.41. The molecular weight excluding hydrogens is 576 g/mol. The Kier molecular flexibility index (Phi) is 8.00. The average molecular weight is 602 g/mol. The zero-order chi connectivity index (χ0) is 31.5. The highest BCUT2D eigenvalue weighted by atomic mass is 19.1. The van der Waals surface area contributed by atoms with Gasteiger partial charge in [-0.2, -0.15) is 15.2 Å². The Labute approximate surface area is 257 Å². The van der Waals surface area contributed by atoms with Crippen LogP contribution in [0.3, 0.4) is 0 Å². The van der Waals surface area contributed by atoms with E-state index in [1.54, 1.807) is 41.3 Å². The van der Waals surface area contributed by atoms with E-state index in [0.29, 0.717) is 33.4 Å². The van der Waals surface area contributed by atoms with E-state index < -0.39 is 23.6 Å². The number of fused-ring (bicyclic) bond motifs is 2. The molecule has 45 heavy (non-hydrogen) atoms. The number of anilines is 1. The monoisotopic (exact) mass is 601 g/mol. The largest absolute Gasteiger partial charge is 0.467 e. The second kappa shape index (κ2) is 12.3. The normalized spacial score (nSPS) is 15.1. The van der Waals surface area contributed by atoms with E-state index in [2.05, 4.69) is 31.9 Å². The van der Waals surface area contributed by atoms with Gasteiger partial charge >= 0.3 is 6.01 Å². The smallest absolute Gasteiger partial charge is 0.318 e. The van der Waals surface area contributed by atoms with Gasteiger partial charge in [0.2, 0.25) is 0 Å². The summed E-state index contributed by atoms with van der Waals surface area (Å²) in [7, 11) is 1.38. The molecule has 3 aromatic heterocycles. The molecule has 1 aliphatic rings. The van der Waals surface area contributed by atoms with Gasteiger partial charge in [-0.25, -0.2) is 8.78 Å². The molecule has 6 rings (SSSR count). The van der Waals surface area contributed by atoms with Crippen molar-refractivity contribution in [1.82, 2.24) is 24.8 Å². The topological polar surface area (TPSA) is 108 Å². The summed E-state index contributed by atoms with van der Waals surface area (Å²) in [4.78, 5) is 33.6. The highest BCUT2D eigenvalue weighted by Gasteiger charge is 2.34. The summed E-state index contributed by atoms with van der Waals surface area (Å²) in [5.41, 5.74) is 1.47. The third kappa shape index (κ3) is 5.48. The van der Waals surface area contributed by atoms with Gasteiger partial charge in [0.25, 0.3) is 5.91 Å². The Morgan fingerprint density at radius 2 is 1.96 bits per heavy atom. The molecule has 1 fully saturated rings. The second-order valence-corrected chi connectivity index (χ2v) is 10.3. The lowest BCUT2D eigenvalue weighted by Crippen LogP contribution is -2.55. The maximum absolute atomic E-state index is 16.4. The summed E-state index contributed by atoms with van der Waals surface area (Å²) >= 11 is 0. The first-order valence-electron chi connectivity index (χ1n) is 14.0. The molecule has 11 heteroatoms. The molecule has 0 spiro atoms. The van der Waals surface area contributed by atoms with E-state index >= 15 is 8.78 Å². The van der Waals surface area contributed by atoms with E-state index in [4.69, 9.17) is 11.2 Å². The fourth-order valence-corrected chi connectivity index (χ4v) is 5.59. The minimum absolute atomic E-state index is 0.0169. The van der Waals surface area contributed by atoms with Crippen LogP contribution in [-0.2, 0) is 4.79 Å². The van der Waals surface area contributed by atoms with Crippen LogP contribution in [0.2, 0.25) is 0 Å². The number of nitriles is 1. The van der Waals surface area contributed by atoms with Gasteiger partial charge in [-0.3, -0.25) is 14.8 Å². The molecule has 1 atom stereocenters. The van der Waals surface area contributed by atoms with Crippen molar-refractivity contribution in [2.45, 2.75) is 12.5 Å². The fourth-order valence-electron chi connectivity index (χ4n) is 5.59. The van der Waals surface area contributed by atoms with Crippen molar-refractivity contribution >= 4 is 39.5 Å². The van der Waals surface area contributed by atoms with Crippen LogP contribution < -0.4 is 9.64 Å². The summed E-state index contributed by atoms with van der Waals surface area (Å²) in [6.45, 7) is 0.434. The Bertz CT molecular complexity index is 2050. The molecule has 4 heterocycles. The van der Waals surface area contributed by atoms with Gasteiger partial charge in [0.15, 0.2) is 11.6 Å². The van der Waals surface area contributed by atoms with Crippen LogP contribution in [0.4, 0.5) is 14.6 Å². The van der Waals surface area contributed by atoms with Crippen LogP contribution in [0, 0.1) is 29.5 Å². The predicted octanol–water partition coefficient (Wildman–Crippen LogP) is 5.31. The number of amides is 1. The Balaban J connectivity index is 1.38. The lowest BCUT2D eigenvalue weighted by atomic mass is 9.97. The molecule has 5 aromatic rings. The summed E-state index contributed by atoms with van der Waals surface area (Å²) in [6, 6.07) is 17.3. The molecule has 1 amide bonds. The molecule has 0 radical (unpaired) electrons. The van der Waals surface area contributed by atoms with Crippen LogP contribution in [0.5, 0.6) is 6.01 Å². The number of piperazine rings is 1. The van der Waals surface area contributed by atoms with Crippen LogP contribution in [0.25, 0.3) is 39.0 Å². The van der Waals surface area contributed by atoms with Gasteiger partial charge < -0.3 is 14.5 Å². The van der Waals surface area contributed by atoms with Crippen molar-refractivity contribution in [2.24, 2.45) is 0 Å². The Morgan fingerprint density at radius 1 is 1.13 bits per heavy atom. The summed E-state index contributed by atoms with van der Waals surface area (Å²) in [5.74, 6) is 0.473. The molecule has 1 saturated heterocycles. The average Bonchev–Trinajstić information content (AvgIpc) is 3.08. The van der Waals surface area contributed by atoms with Crippen molar-refractivity contribution in [3.63, 3.8) is 0 Å². The van der Waals surface area contributed by atoms with Gasteiger partial charge in [0.1, 0.15) is 17.0 Å². The maximum atomic E-state index is 16.4. The van der Waals surface area contributed by atoms with Crippen LogP contribution in [0.1, 0.15) is 17.7 Å². The van der Waals surface area contributed by atoms with Crippen molar-refractivity contribution < 1.29 is 18.3 Å². The number of carbonyl (C=O) groups is 1.